The third-order valence-electron chi connectivity index (χ3n) is 2.11. The summed E-state index contributed by atoms with van der Waals surface area (Å²) in [4.78, 5) is 0. The molecule has 67 valence electrons. The summed E-state index contributed by atoms with van der Waals surface area (Å²) in [6, 6.07) is 12.5. The summed E-state index contributed by atoms with van der Waals surface area (Å²) in [7, 11) is 0. The fourth-order valence-corrected chi connectivity index (χ4v) is 1.30. The first kappa shape index (κ1) is 9.80. The van der Waals surface area contributed by atoms with Crippen LogP contribution in [0.5, 0.6) is 0 Å². The van der Waals surface area contributed by atoms with Crippen molar-refractivity contribution in [1.29, 1.82) is 5.26 Å². The molecule has 0 saturated heterocycles. The minimum atomic E-state index is 0.657. The lowest BCUT2D eigenvalue weighted by atomic mass is 9.96. The number of hydrogen-bond donors (Lipinski definition) is 0. The van der Waals surface area contributed by atoms with E-state index < -0.39 is 0 Å². The number of unbranched alkanes of at least 4 members (excludes halogenated alkanes) is 1. The van der Waals surface area contributed by atoms with Crippen molar-refractivity contribution in [1.82, 2.24) is 0 Å². The molecule has 1 aromatic rings. The van der Waals surface area contributed by atoms with Crippen LogP contribution in [0.4, 0.5) is 0 Å². The molecule has 0 bridgehead atoms. The lowest BCUT2D eigenvalue weighted by Gasteiger charge is -2.08. The molecule has 1 radical (unpaired) electrons. The van der Waals surface area contributed by atoms with E-state index in [9.17, 15) is 0 Å². The summed E-state index contributed by atoms with van der Waals surface area (Å²) < 4.78 is 0. The van der Waals surface area contributed by atoms with Crippen LogP contribution in [-0.2, 0) is 0 Å². The molecule has 0 heterocycles. The van der Waals surface area contributed by atoms with Crippen LogP contribution in [-0.4, -0.2) is 0 Å². The van der Waals surface area contributed by atoms with Gasteiger partial charge < -0.3 is 0 Å². The van der Waals surface area contributed by atoms with Gasteiger partial charge in [-0.1, -0.05) is 37.3 Å². The van der Waals surface area contributed by atoms with Gasteiger partial charge in [-0.05, 0) is 18.4 Å². The van der Waals surface area contributed by atoms with Gasteiger partial charge in [0.25, 0.3) is 0 Å². The van der Waals surface area contributed by atoms with Gasteiger partial charge in [0.05, 0.1) is 6.07 Å². The van der Waals surface area contributed by atoms with E-state index in [1.165, 1.54) is 11.5 Å². The summed E-state index contributed by atoms with van der Waals surface area (Å²) in [6.45, 7) is 2.13. The van der Waals surface area contributed by atoms with E-state index in [0.29, 0.717) is 6.42 Å². The van der Waals surface area contributed by atoms with Crippen molar-refractivity contribution >= 4 is 0 Å². The summed E-state index contributed by atoms with van der Waals surface area (Å²) in [5.74, 6) is 1.37. The minimum absolute atomic E-state index is 0.657. The van der Waals surface area contributed by atoms with Gasteiger partial charge in [-0.15, -0.1) is 0 Å². The Morgan fingerprint density at radius 3 is 2.62 bits per heavy atom. The quantitative estimate of drug-likeness (QED) is 0.639. The molecular weight excluding hydrogens is 158 g/mol. The molecule has 0 atom stereocenters. The van der Waals surface area contributed by atoms with E-state index >= 15 is 0 Å². The molecule has 0 amide bonds. The average Bonchev–Trinajstić information content (AvgIpc) is 2.19. The Morgan fingerprint density at radius 2 is 2.00 bits per heavy atom. The standard InChI is InChI=1S/C12H14N/c1-11(7-5-6-10-13)12-8-3-2-4-9-12/h2-4,8-9H,5-7H2,1H3. The van der Waals surface area contributed by atoms with Gasteiger partial charge >= 0.3 is 0 Å². The van der Waals surface area contributed by atoms with Crippen molar-refractivity contribution in [3.8, 4) is 6.07 Å². The van der Waals surface area contributed by atoms with Crippen LogP contribution in [0, 0.1) is 17.2 Å². The van der Waals surface area contributed by atoms with Crippen molar-refractivity contribution in [2.24, 2.45) is 0 Å². The normalized spacial score (nSPS) is 9.92. The van der Waals surface area contributed by atoms with Crippen molar-refractivity contribution in [2.75, 3.05) is 0 Å². The van der Waals surface area contributed by atoms with Crippen molar-refractivity contribution in [3.05, 3.63) is 41.8 Å². The van der Waals surface area contributed by atoms with Crippen molar-refractivity contribution < 1.29 is 0 Å². The molecule has 0 unspecified atom stereocenters. The predicted octanol–water partition coefficient (Wildman–Crippen LogP) is 3.32. The van der Waals surface area contributed by atoms with Gasteiger partial charge in [0.1, 0.15) is 0 Å². The van der Waals surface area contributed by atoms with Gasteiger partial charge in [-0.3, -0.25) is 0 Å². The zero-order valence-electron chi connectivity index (χ0n) is 7.96. The highest BCUT2D eigenvalue weighted by atomic mass is 14.2. The zero-order valence-corrected chi connectivity index (χ0v) is 7.96. The number of benzene rings is 1. The first-order valence-corrected chi connectivity index (χ1v) is 4.59. The van der Waals surface area contributed by atoms with Crippen LogP contribution < -0.4 is 0 Å². The molecule has 0 aliphatic carbocycles. The molecule has 0 saturated carbocycles. The third kappa shape index (κ3) is 3.29. The molecule has 1 heteroatoms. The molecule has 0 aliphatic rings. The molecular formula is C12H14N. The topological polar surface area (TPSA) is 23.8 Å². The number of nitriles is 1. The maximum atomic E-state index is 8.39. The number of nitrogens with zero attached hydrogens (tertiary/aromatic N) is 1. The van der Waals surface area contributed by atoms with E-state index in [-0.39, 0.29) is 0 Å². The maximum absolute atomic E-state index is 8.39. The monoisotopic (exact) mass is 172 g/mol. The van der Waals surface area contributed by atoms with E-state index in [0.717, 1.165) is 12.8 Å². The van der Waals surface area contributed by atoms with Crippen LogP contribution in [0.2, 0.25) is 0 Å². The Morgan fingerprint density at radius 1 is 1.31 bits per heavy atom. The van der Waals surface area contributed by atoms with Gasteiger partial charge in [-0.2, -0.15) is 5.26 Å². The SMILES string of the molecule is C[C](CCCC#N)c1ccccc1. The smallest absolute Gasteiger partial charge is 0.0621 e. The molecule has 0 spiro atoms. The van der Waals surface area contributed by atoms with Crippen LogP contribution in [0.15, 0.2) is 30.3 Å². The van der Waals surface area contributed by atoms with E-state index in [1.807, 2.05) is 18.2 Å². The van der Waals surface area contributed by atoms with E-state index in [2.05, 4.69) is 25.1 Å². The Kier molecular flexibility index (Phi) is 4.05. The molecule has 0 aromatic heterocycles. The second-order valence-electron chi connectivity index (χ2n) is 3.16. The number of hydrogen-bond acceptors (Lipinski definition) is 1. The van der Waals surface area contributed by atoms with Crippen LogP contribution in [0.25, 0.3) is 0 Å². The second kappa shape index (κ2) is 5.37. The van der Waals surface area contributed by atoms with Gasteiger partial charge in [0, 0.05) is 12.3 Å². The lowest BCUT2D eigenvalue weighted by molar-refractivity contribution is 0.782. The fourth-order valence-electron chi connectivity index (χ4n) is 1.30. The minimum Gasteiger partial charge on any atom is -0.198 e. The van der Waals surface area contributed by atoms with Crippen LogP contribution >= 0.6 is 0 Å². The Bertz CT molecular complexity index is 271. The summed E-state index contributed by atoms with van der Waals surface area (Å²) >= 11 is 0. The Hall–Kier alpha value is -1.29. The maximum Gasteiger partial charge on any atom is 0.0621 e. The zero-order chi connectivity index (χ0) is 9.52. The molecule has 0 aliphatic heterocycles. The lowest BCUT2D eigenvalue weighted by Crippen LogP contribution is -1.93. The van der Waals surface area contributed by atoms with Gasteiger partial charge in [0.15, 0.2) is 0 Å². The highest BCUT2D eigenvalue weighted by molar-refractivity contribution is 5.28. The van der Waals surface area contributed by atoms with Gasteiger partial charge in [0.2, 0.25) is 0 Å². The summed E-state index contributed by atoms with van der Waals surface area (Å²) in [5, 5.41) is 8.39. The highest BCUT2D eigenvalue weighted by Gasteiger charge is 2.03. The number of rotatable bonds is 4. The van der Waals surface area contributed by atoms with Crippen LogP contribution in [0.1, 0.15) is 31.7 Å². The molecule has 1 aromatic carbocycles. The Labute approximate surface area is 80.0 Å². The van der Waals surface area contributed by atoms with Crippen molar-refractivity contribution in [3.63, 3.8) is 0 Å². The van der Waals surface area contributed by atoms with Crippen LogP contribution in [0.3, 0.4) is 0 Å². The molecule has 1 rings (SSSR count). The Balaban J connectivity index is 2.41. The third-order valence-corrected chi connectivity index (χ3v) is 2.11. The molecule has 13 heavy (non-hydrogen) atoms. The average molecular weight is 172 g/mol. The van der Waals surface area contributed by atoms with E-state index in [1.54, 1.807) is 0 Å². The summed E-state index contributed by atoms with van der Waals surface area (Å²) in [6.07, 6.45) is 2.65. The predicted molar refractivity (Wildman–Crippen MR) is 53.9 cm³/mol. The fraction of sp³-hybridized carbons (Fsp3) is 0.333. The highest BCUT2D eigenvalue weighted by Crippen LogP contribution is 2.19. The molecule has 0 fully saturated rings. The second-order valence-corrected chi connectivity index (χ2v) is 3.16. The largest absolute Gasteiger partial charge is 0.198 e. The van der Waals surface area contributed by atoms with Crippen molar-refractivity contribution in [2.45, 2.75) is 26.2 Å². The first-order chi connectivity index (χ1) is 6.34. The molecule has 1 nitrogen and oxygen atoms in total. The van der Waals surface area contributed by atoms with Gasteiger partial charge in [-0.25, -0.2) is 0 Å². The summed E-state index contributed by atoms with van der Waals surface area (Å²) in [5.41, 5.74) is 1.29. The van der Waals surface area contributed by atoms with E-state index in [4.69, 9.17) is 5.26 Å². The molecule has 0 N–H and O–H groups in total. The first-order valence-electron chi connectivity index (χ1n) is 4.59.